The summed E-state index contributed by atoms with van der Waals surface area (Å²) in [5, 5.41) is 1.09. The summed E-state index contributed by atoms with van der Waals surface area (Å²) in [5.41, 5.74) is 1.51. The lowest BCUT2D eigenvalue weighted by Crippen LogP contribution is -2.46. The van der Waals surface area contributed by atoms with E-state index in [1.807, 2.05) is 35.2 Å². The first-order valence-corrected chi connectivity index (χ1v) is 10.1. The second-order valence-corrected chi connectivity index (χ2v) is 7.87. The third-order valence-electron chi connectivity index (χ3n) is 5.09. The topological polar surface area (TPSA) is 24.8 Å². The lowest BCUT2D eigenvalue weighted by molar-refractivity contribution is -0.137. The first-order chi connectivity index (χ1) is 14.8. The fraction of sp³-hybridized carbons (Fsp3) is 0.174. The molecule has 4 rings (SSSR count). The fourth-order valence-corrected chi connectivity index (χ4v) is 4.03. The Morgan fingerprint density at radius 1 is 0.968 bits per heavy atom. The summed E-state index contributed by atoms with van der Waals surface area (Å²) in [5.74, 6) is 1.44. The molecule has 1 saturated heterocycles. The zero-order chi connectivity index (χ0) is 22.2. The molecule has 0 bridgehead atoms. The van der Waals surface area contributed by atoms with Gasteiger partial charge in [-0.1, -0.05) is 29.3 Å². The monoisotopic (exact) mass is 464 g/mol. The Kier molecular flexibility index (Phi) is 5.86. The SMILES string of the molecule is COc1ccc(N2C(=Nc3ccc(C(F)(F)F)cc3)CC2c2ccc(Cl)cc2Cl)cc1. The molecule has 1 heterocycles. The molecule has 3 aromatic carbocycles. The highest BCUT2D eigenvalue weighted by atomic mass is 35.5. The fourth-order valence-electron chi connectivity index (χ4n) is 3.50. The van der Waals surface area contributed by atoms with Crippen molar-refractivity contribution in [2.75, 3.05) is 12.0 Å². The van der Waals surface area contributed by atoms with Gasteiger partial charge in [-0.3, -0.25) is 0 Å². The average molecular weight is 465 g/mol. The zero-order valence-corrected chi connectivity index (χ0v) is 17.8. The molecular weight excluding hydrogens is 448 g/mol. The van der Waals surface area contributed by atoms with Crippen LogP contribution in [-0.4, -0.2) is 12.9 Å². The van der Waals surface area contributed by atoms with E-state index in [1.165, 1.54) is 12.1 Å². The van der Waals surface area contributed by atoms with Crippen LogP contribution in [0.25, 0.3) is 0 Å². The van der Waals surface area contributed by atoms with E-state index in [2.05, 4.69) is 4.99 Å². The average Bonchev–Trinajstić information content (AvgIpc) is 2.72. The molecule has 0 amide bonds. The van der Waals surface area contributed by atoms with E-state index in [-0.39, 0.29) is 6.04 Å². The number of hydrogen-bond donors (Lipinski definition) is 0. The summed E-state index contributed by atoms with van der Waals surface area (Å²) in [6.07, 6.45) is -3.80. The molecule has 0 spiro atoms. The van der Waals surface area contributed by atoms with Gasteiger partial charge in [0.15, 0.2) is 0 Å². The molecule has 8 heteroatoms. The van der Waals surface area contributed by atoms with Gasteiger partial charge in [0.05, 0.1) is 24.4 Å². The Labute approximate surface area is 187 Å². The van der Waals surface area contributed by atoms with Crippen molar-refractivity contribution in [3.05, 3.63) is 87.9 Å². The Bertz CT molecular complexity index is 1110. The Balaban J connectivity index is 1.69. The highest BCUT2D eigenvalue weighted by molar-refractivity contribution is 6.35. The van der Waals surface area contributed by atoms with Gasteiger partial charge in [-0.15, -0.1) is 0 Å². The molecule has 0 N–H and O–H groups in total. The summed E-state index contributed by atoms with van der Waals surface area (Å²) in [6.45, 7) is 0. The van der Waals surface area contributed by atoms with Gasteiger partial charge in [0, 0.05) is 22.2 Å². The van der Waals surface area contributed by atoms with Crippen molar-refractivity contribution in [3.8, 4) is 5.75 Å². The van der Waals surface area contributed by atoms with Crippen LogP contribution in [0.2, 0.25) is 10.0 Å². The number of halogens is 5. The van der Waals surface area contributed by atoms with Crippen molar-refractivity contribution in [2.24, 2.45) is 4.99 Å². The summed E-state index contributed by atoms with van der Waals surface area (Å²) < 4.78 is 43.7. The summed E-state index contributed by atoms with van der Waals surface area (Å²) >= 11 is 12.5. The number of alkyl halides is 3. The summed E-state index contributed by atoms with van der Waals surface area (Å²) in [7, 11) is 1.59. The quantitative estimate of drug-likeness (QED) is 0.395. The molecule has 0 radical (unpaired) electrons. The summed E-state index contributed by atoms with van der Waals surface area (Å²) in [4.78, 5) is 6.59. The minimum Gasteiger partial charge on any atom is -0.497 e. The number of anilines is 1. The predicted molar refractivity (Wildman–Crippen MR) is 118 cm³/mol. The Morgan fingerprint density at radius 2 is 1.65 bits per heavy atom. The van der Waals surface area contributed by atoms with Crippen molar-refractivity contribution in [1.82, 2.24) is 0 Å². The minimum atomic E-state index is -4.38. The number of amidine groups is 1. The van der Waals surface area contributed by atoms with Crippen LogP contribution in [0.15, 0.2) is 71.7 Å². The van der Waals surface area contributed by atoms with Crippen LogP contribution in [-0.2, 0) is 6.18 Å². The number of methoxy groups -OCH3 is 1. The lowest BCUT2D eigenvalue weighted by Gasteiger charge is -2.44. The van der Waals surface area contributed by atoms with Gasteiger partial charge in [-0.2, -0.15) is 13.2 Å². The van der Waals surface area contributed by atoms with Crippen LogP contribution < -0.4 is 9.64 Å². The molecule has 1 aliphatic rings. The van der Waals surface area contributed by atoms with Crippen LogP contribution in [0.5, 0.6) is 5.75 Å². The predicted octanol–water partition coefficient (Wildman–Crippen LogP) is 7.70. The number of benzene rings is 3. The molecule has 31 heavy (non-hydrogen) atoms. The van der Waals surface area contributed by atoms with Crippen molar-refractivity contribution >= 4 is 40.4 Å². The molecular formula is C23H17Cl2F3N2O. The van der Waals surface area contributed by atoms with E-state index in [1.54, 1.807) is 19.2 Å². The van der Waals surface area contributed by atoms with E-state index in [9.17, 15) is 13.2 Å². The van der Waals surface area contributed by atoms with E-state index >= 15 is 0 Å². The van der Waals surface area contributed by atoms with E-state index in [0.717, 1.165) is 29.2 Å². The molecule has 1 atom stereocenters. The largest absolute Gasteiger partial charge is 0.497 e. The molecule has 3 nitrogen and oxygen atoms in total. The Morgan fingerprint density at radius 3 is 2.23 bits per heavy atom. The molecule has 3 aromatic rings. The van der Waals surface area contributed by atoms with Crippen molar-refractivity contribution in [2.45, 2.75) is 18.6 Å². The maximum atomic E-state index is 12.8. The van der Waals surface area contributed by atoms with E-state index in [4.69, 9.17) is 27.9 Å². The van der Waals surface area contributed by atoms with Crippen LogP contribution in [0.3, 0.4) is 0 Å². The molecule has 0 aliphatic carbocycles. The van der Waals surface area contributed by atoms with Crippen molar-refractivity contribution in [3.63, 3.8) is 0 Å². The smallest absolute Gasteiger partial charge is 0.416 e. The first-order valence-electron chi connectivity index (χ1n) is 9.39. The van der Waals surface area contributed by atoms with Crippen molar-refractivity contribution in [1.29, 1.82) is 0 Å². The summed E-state index contributed by atoms with van der Waals surface area (Å²) in [6, 6.07) is 17.5. The standard InChI is InChI=1S/C23H17Cl2F3N2O/c1-31-18-9-7-17(8-10-18)30-21(19-11-4-15(24)12-20(19)25)13-22(30)29-16-5-2-14(3-6-16)23(26,27)28/h2-12,21H,13H2,1H3. The third kappa shape index (κ3) is 4.50. The van der Waals surface area contributed by atoms with Crippen molar-refractivity contribution < 1.29 is 17.9 Å². The number of hydrogen-bond acceptors (Lipinski definition) is 2. The van der Waals surface area contributed by atoms with Gasteiger partial charge in [0.2, 0.25) is 0 Å². The maximum Gasteiger partial charge on any atom is 0.416 e. The highest BCUT2D eigenvalue weighted by Crippen LogP contribution is 2.44. The number of ether oxygens (including phenoxy) is 1. The van der Waals surface area contributed by atoms with Gasteiger partial charge >= 0.3 is 6.18 Å². The second-order valence-electron chi connectivity index (χ2n) is 7.03. The van der Waals surface area contributed by atoms with Gasteiger partial charge in [0.25, 0.3) is 0 Å². The van der Waals surface area contributed by atoms with Gasteiger partial charge in [-0.25, -0.2) is 4.99 Å². The van der Waals surface area contributed by atoms with Crippen LogP contribution in [0, 0.1) is 0 Å². The van der Waals surface area contributed by atoms with Crippen LogP contribution >= 0.6 is 23.2 Å². The number of nitrogens with zero attached hydrogens (tertiary/aromatic N) is 2. The molecule has 160 valence electrons. The molecule has 0 saturated carbocycles. The number of aliphatic imine (C=N–C) groups is 1. The van der Waals surface area contributed by atoms with Gasteiger partial charge in [0.1, 0.15) is 11.6 Å². The number of rotatable bonds is 4. The maximum absolute atomic E-state index is 12.8. The van der Waals surface area contributed by atoms with E-state index in [0.29, 0.717) is 27.9 Å². The molecule has 1 aliphatic heterocycles. The normalized spacial score (nSPS) is 17.5. The Hall–Kier alpha value is -2.70. The van der Waals surface area contributed by atoms with Crippen LogP contribution in [0.1, 0.15) is 23.6 Å². The lowest BCUT2D eigenvalue weighted by atomic mass is 9.92. The van der Waals surface area contributed by atoms with Gasteiger partial charge in [-0.05, 0) is 66.2 Å². The van der Waals surface area contributed by atoms with E-state index < -0.39 is 11.7 Å². The second kappa shape index (κ2) is 8.44. The highest BCUT2D eigenvalue weighted by Gasteiger charge is 2.38. The molecule has 1 unspecified atom stereocenters. The zero-order valence-electron chi connectivity index (χ0n) is 16.3. The molecule has 1 fully saturated rings. The van der Waals surface area contributed by atoms with Gasteiger partial charge < -0.3 is 9.64 Å². The minimum absolute atomic E-state index is 0.0774. The third-order valence-corrected chi connectivity index (χ3v) is 5.65. The van der Waals surface area contributed by atoms with Crippen LogP contribution in [0.4, 0.5) is 24.5 Å². The molecule has 0 aromatic heterocycles. The first kappa shape index (κ1) is 21.5.